The van der Waals surface area contributed by atoms with Gasteiger partial charge < -0.3 is 4.57 Å². The van der Waals surface area contributed by atoms with Crippen molar-refractivity contribution in [3.05, 3.63) is 17.7 Å². The van der Waals surface area contributed by atoms with Crippen LogP contribution in [0.1, 0.15) is 89.2 Å². The second-order valence-corrected chi connectivity index (χ2v) is 7.21. The normalized spacial score (nSPS) is 22.4. The van der Waals surface area contributed by atoms with E-state index in [1.165, 1.54) is 56.5 Å². The van der Waals surface area contributed by atoms with Gasteiger partial charge in [0.1, 0.15) is 5.82 Å². The Morgan fingerprint density at radius 1 is 1.06 bits per heavy atom. The molecule has 0 atom stereocenters. The molecule has 2 nitrogen and oxygen atoms in total. The quantitative estimate of drug-likeness (QED) is 0.747. The van der Waals surface area contributed by atoms with Crippen LogP contribution in [0, 0.1) is 0 Å². The predicted octanol–water partition coefficient (Wildman–Crippen LogP) is 4.56. The first-order chi connectivity index (χ1) is 8.55. The Balaban J connectivity index is 1.95. The highest BCUT2D eigenvalue weighted by atomic mass is 15.1. The third-order valence-corrected chi connectivity index (χ3v) is 4.72. The molecule has 0 amide bonds. The first-order valence-corrected chi connectivity index (χ1v) is 7.65. The second-order valence-electron chi connectivity index (χ2n) is 7.21. The molecule has 0 aliphatic heterocycles. The summed E-state index contributed by atoms with van der Waals surface area (Å²) in [5.41, 5.74) is 1.47. The molecule has 18 heavy (non-hydrogen) atoms. The van der Waals surface area contributed by atoms with Crippen LogP contribution in [-0.2, 0) is 5.41 Å². The summed E-state index contributed by atoms with van der Waals surface area (Å²) < 4.78 is 2.54. The number of hydrogen-bond acceptors (Lipinski definition) is 1. The number of nitrogens with zero attached hydrogens (tertiary/aromatic N) is 2. The van der Waals surface area contributed by atoms with E-state index in [2.05, 4.69) is 31.5 Å². The van der Waals surface area contributed by atoms with Crippen molar-refractivity contribution in [2.75, 3.05) is 0 Å². The minimum atomic E-state index is 0.183. The topological polar surface area (TPSA) is 17.8 Å². The van der Waals surface area contributed by atoms with E-state index in [-0.39, 0.29) is 5.41 Å². The molecule has 3 rings (SSSR count). The molecule has 0 spiro atoms. The Morgan fingerprint density at radius 2 is 1.72 bits per heavy atom. The monoisotopic (exact) mass is 246 g/mol. The summed E-state index contributed by atoms with van der Waals surface area (Å²) in [4.78, 5) is 5.03. The van der Waals surface area contributed by atoms with Crippen LogP contribution in [0.3, 0.4) is 0 Å². The Hall–Kier alpha value is -0.790. The molecule has 0 bridgehead atoms. The van der Waals surface area contributed by atoms with Crippen LogP contribution < -0.4 is 0 Å². The van der Waals surface area contributed by atoms with Gasteiger partial charge in [0.15, 0.2) is 0 Å². The van der Waals surface area contributed by atoms with Crippen LogP contribution >= 0.6 is 0 Å². The second kappa shape index (κ2) is 4.40. The highest BCUT2D eigenvalue weighted by Crippen LogP contribution is 2.40. The zero-order valence-electron chi connectivity index (χ0n) is 12.1. The summed E-state index contributed by atoms with van der Waals surface area (Å²) in [7, 11) is 0. The number of hydrogen-bond donors (Lipinski definition) is 0. The van der Waals surface area contributed by atoms with Gasteiger partial charge in [0.25, 0.3) is 0 Å². The van der Waals surface area contributed by atoms with E-state index in [4.69, 9.17) is 4.98 Å². The molecular formula is C16H26N2. The summed E-state index contributed by atoms with van der Waals surface area (Å²) in [5, 5.41) is 0. The number of aromatic nitrogens is 2. The SMILES string of the molecule is CC(C)(C)c1cn(C2CCC2)c(C2CCCC2)n1. The summed E-state index contributed by atoms with van der Waals surface area (Å²) in [5.74, 6) is 2.14. The fourth-order valence-electron chi connectivity index (χ4n) is 3.21. The van der Waals surface area contributed by atoms with Gasteiger partial charge >= 0.3 is 0 Å². The van der Waals surface area contributed by atoms with Crippen LogP contribution in [-0.4, -0.2) is 9.55 Å². The van der Waals surface area contributed by atoms with Crippen LogP contribution in [0.5, 0.6) is 0 Å². The van der Waals surface area contributed by atoms with Crippen LogP contribution in [0.4, 0.5) is 0 Å². The van der Waals surface area contributed by atoms with Crippen molar-refractivity contribution >= 4 is 0 Å². The molecule has 1 heterocycles. The molecule has 0 N–H and O–H groups in total. The lowest BCUT2D eigenvalue weighted by Crippen LogP contribution is -2.19. The predicted molar refractivity (Wildman–Crippen MR) is 75.0 cm³/mol. The molecule has 2 aliphatic rings. The highest BCUT2D eigenvalue weighted by molar-refractivity contribution is 5.17. The molecular weight excluding hydrogens is 220 g/mol. The molecule has 1 aromatic heterocycles. The van der Waals surface area contributed by atoms with E-state index in [1.807, 2.05) is 0 Å². The highest BCUT2D eigenvalue weighted by Gasteiger charge is 2.30. The smallest absolute Gasteiger partial charge is 0.112 e. The van der Waals surface area contributed by atoms with E-state index in [0.717, 1.165) is 12.0 Å². The van der Waals surface area contributed by atoms with Gasteiger partial charge in [-0.15, -0.1) is 0 Å². The molecule has 0 saturated heterocycles. The van der Waals surface area contributed by atoms with Gasteiger partial charge in [-0.2, -0.15) is 0 Å². The van der Waals surface area contributed by atoms with Crippen molar-refractivity contribution in [2.24, 2.45) is 0 Å². The first-order valence-electron chi connectivity index (χ1n) is 7.65. The molecule has 100 valence electrons. The third kappa shape index (κ3) is 2.10. The standard InChI is InChI=1S/C16H26N2/c1-16(2,3)14-11-18(13-9-6-10-13)15(17-14)12-7-4-5-8-12/h11-13H,4-10H2,1-3H3. The van der Waals surface area contributed by atoms with Crippen molar-refractivity contribution in [1.29, 1.82) is 0 Å². The fraction of sp³-hybridized carbons (Fsp3) is 0.812. The van der Waals surface area contributed by atoms with E-state index in [0.29, 0.717) is 0 Å². The maximum Gasteiger partial charge on any atom is 0.112 e. The van der Waals surface area contributed by atoms with Gasteiger partial charge in [-0.05, 0) is 32.1 Å². The molecule has 2 fully saturated rings. The van der Waals surface area contributed by atoms with E-state index in [1.54, 1.807) is 0 Å². The zero-order valence-corrected chi connectivity index (χ0v) is 12.1. The van der Waals surface area contributed by atoms with Crippen molar-refractivity contribution in [2.45, 2.75) is 83.1 Å². The number of imidazole rings is 1. The van der Waals surface area contributed by atoms with Gasteiger partial charge in [0.05, 0.1) is 5.69 Å². The molecule has 2 heteroatoms. The summed E-state index contributed by atoms with van der Waals surface area (Å²) in [6.45, 7) is 6.83. The lowest BCUT2D eigenvalue weighted by Gasteiger charge is -2.29. The third-order valence-electron chi connectivity index (χ3n) is 4.72. The van der Waals surface area contributed by atoms with Gasteiger partial charge in [-0.25, -0.2) is 4.98 Å². The van der Waals surface area contributed by atoms with E-state index >= 15 is 0 Å². The van der Waals surface area contributed by atoms with Crippen molar-refractivity contribution in [3.8, 4) is 0 Å². The van der Waals surface area contributed by atoms with Gasteiger partial charge in [0, 0.05) is 23.6 Å². The van der Waals surface area contributed by atoms with Crippen LogP contribution in [0.15, 0.2) is 6.20 Å². The minimum Gasteiger partial charge on any atom is -0.331 e. The van der Waals surface area contributed by atoms with Gasteiger partial charge in [-0.3, -0.25) is 0 Å². The van der Waals surface area contributed by atoms with Crippen LogP contribution in [0.25, 0.3) is 0 Å². The molecule has 0 unspecified atom stereocenters. The van der Waals surface area contributed by atoms with Crippen LogP contribution in [0.2, 0.25) is 0 Å². The summed E-state index contributed by atoms with van der Waals surface area (Å²) in [6, 6.07) is 0.754. The Morgan fingerprint density at radius 3 is 2.22 bits per heavy atom. The maximum atomic E-state index is 5.03. The average Bonchev–Trinajstić information content (AvgIpc) is 2.79. The van der Waals surface area contributed by atoms with Gasteiger partial charge in [0.2, 0.25) is 0 Å². The lowest BCUT2D eigenvalue weighted by molar-refractivity contribution is 0.301. The van der Waals surface area contributed by atoms with Crippen molar-refractivity contribution < 1.29 is 0 Å². The summed E-state index contributed by atoms with van der Waals surface area (Å²) >= 11 is 0. The Bertz CT molecular complexity index is 415. The molecule has 1 aromatic rings. The zero-order chi connectivity index (χ0) is 12.8. The largest absolute Gasteiger partial charge is 0.331 e. The Labute approximate surface area is 111 Å². The van der Waals surface area contributed by atoms with Crippen molar-refractivity contribution in [3.63, 3.8) is 0 Å². The Kier molecular flexibility index (Phi) is 2.99. The number of rotatable bonds is 2. The van der Waals surface area contributed by atoms with Gasteiger partial charge in [-0.1, -0.05) is 33.6 Å². The molecule has 0 aromatic carbocycles. The van der Waals surface area contributed by atoms with E-state index < -0.39 is 0 Å². The fourth-order valence-corrected chi connectivity index (χ4v) is 3.21. The maximum absolute atomic E-state index is 5.03. The molecule has 2 saturated carbocycles. The first kappa shape index (κ1) is 12.3. The van der Waals surface area contributed by atoms with Crippen molar-refractivity contribution in [1.82, 2.24) is 9.55 Å². The average molecular weight is 246 g/mol. The molecule has 0 radical (unpaired) electrons. The summed E-state index contributed by atoms with van der Waals surface area (Å²) in [6.07, 6.45) is 12.0. The lowest BCUT2D eigenvalue weighted by atomic mass is 9.91. The molecule has 2 aliphatic carbocycles. The van der Waals surface area contributed by atoms with E-state index in [9.17, 15) is 0 Å². The minimum absolute atomic E-state index is 0.183.